The number of carbonyl (C=O) groups excluding carboxylic acids is 3. The average molecular weight is 819 g/mol. The first-order valence-corrected chi connectivity index (χ1v) is 25.7. The molecule has 0 bridgehead atoms. The van der Waals surface area contributed by atoms with Crippen LogP contribution in [0, 0.1) is 11.8 Å². The zero-order valence-electron chi connectivity index (χ0n) is 39.2. The van der Waals surface area contributed by atoms with Crippen molar-refractivity contribution in [3.05, 3.63) is 0 Å². The fourth-order valence-corrected chi connectivity index (χ4v) is 8.86. The van der Waals surface area contributed by atoms with Crippen molar-refractivity contribution in [2.75, 3.05) is 32.8 Å². The topological polar surface area (TPSA) is 84.9 Å². The highest BCUT2D eigenvalue weighted by atomic mass is 16.5. The van der Waals surface area contributed by atoms with Crippen LogP contribution in [0.4, 0.5) is 0 Å². The highest BCUT2D eigenvalue weighted by molar-refractivity contribution is 5.76. The van der Waals surface area contributed by atoms with Gasteiger partial charge in [-0.05, 0) is 89.3 Å². The molecule has 0 aliphatic carbocycles. The van der Waals surface area contributed by atoms with Crippen molar-refractivity contribution in [1.82, 2.24) is 10.2 Å². The monoisotopic (exact) mass is 819 g/mol. The Labute approximate surface area is 360 Å². The van der Waals surface area contributed by atoms with Crippen LogP contribution in [-0.4, -0.2) is 61.6 Å². The Bertz CT molecular complexity index is 862. The minimum Gasteiger partial charge on any atom is -0.466 e. The smallest absolute Gasteiger partial charge is 0.305 e. The Morgan fingerprint density at radius 1 is 0.448 bits per heavy atom. The van der Waals surface area contributed by atoms with Crippen LogP contribution in [-0.2, 0) is 23.9 Å². The third-order valence-electron chi connectivity index (χ3n) is 12.8. The molecular weight excluding hydrogens is 721 g/mol. The highest BCUT2D eigenvalue weighted by Gasteiger charge is 2.16. The summed E-state index contributed by atoms with van der Waals surface area (Å²) in [5, 5.41) is 3.41. The first-order valence-electron chi connectivity index (χ1n) is 25.7. The zero-order chi connectivity index (χ0) is 42.2. The van der Waals surface area contributed by atoms with Crippen molar-refractivity contribution in [3.63, 3.8) is 0 Å². The van der Waals surface area contributed by atoms with Gasteiger partial charge in [0, 0.05) is 25.3 Å². The predicted octanol–water partition coefficient (Wildman–Crippen LogP) is 14.2. The van der Waals surface area contributed by atoms with Crippen LogP contribution >= 0.6 is 0 Å². The number of nitrogens with zero attached hydrogens (tertiary/aromatic N) is 1. The molecule has 7 heteroatoms. The van der Waals surface area contributed by atoms with E-state index in [9.17, 15) is 14.4 Å². The third-order valence-corrected chi connectivity index (χ3v) is 12.8. The lowest BCUT2D eigenvalue weighted by Gasteiger charge is -2.20. The summed E-state index contributed by atoms with van der Waals surface area (Å²) in [5.74, 6) is 1.56. The number of esters is 2. The van der Waals surface area contributed by atoms with Crippen LogP contribution in [0.2, 0.25) is 0 Å². The van der Waals surface area contributed by atoms with Crippen molar-refractivity contribution >= 4 is 17.8 Å². The highest BCUT2D eigenvalue weighted by Crippen LogP contribution is 2.23. The molecule has 1 rings (SSSR count). The average Bonchev–Trinajstić information content (AvgIpc) is 3.73. The Hall–Kier alpha value is -1.63. The van der Waals surface area contributed by atoms with Crippen LogP contribution in [0.15, 0.2) is 0 Å². The van der Waals surface area contributed by atoms with Gasteiger partial charge in [-0.1, -0.05) is 182 Å². The molecule has 342 valence electrons. The Morgan fingerprint density at radius 3 is 1.24 bits per heavy atom. The van der Waals surface area contributed by atoms with Gasteiger partial charge in [0.25, 0.3) is 0 Å². The molecule has 0 aromatic heterocycles. The largest absolute Gasteiger partial charge is 0.466 e. The van der Waals surface area contributed by atoms with Gasteiger partial charge in [0.2, 0.25) is 5.91 Å². The van der Waals surface area contributed by atoms with E-state index in [0.717, 1.165) is 103 Å². The van der Waals surface area contributed by atoms with Crippen molar-refractivity contribution in [1.29, 1.82) is 0 Å². The number of nitrogens with one attached hydrogen (secondary N) is 1. The van der Waals surface area contributed by atoms with Crippen molar-refractivity contribution in [2.45, 2.75) is 265 Å². The number of hydrogen-bond acceptors (Lipinski definition) is 6. The van der Waals surface area contributed by atoms with E-state index in [2.05, 4.69) is 37.9 Å². The van der Waals surface area contributed by atoms with E-state index in [-0.39, 0.29) is 23.9 Å². The Kier molecular flexibility index (Phi) is 38.2. The second-order valence-corrected chi connectivity index (χ2v) is 18.3. The third kappa shape index (κ3) is 34.1. The van der Waals surface area contributed by atoms with E-state index >= 15 is 0 Å². The second-order valence-electron chi connectivity index (χ2n) is 18.3. The minimum absolute atomic E-state index is 0.0250. The fourth-order valence-electron chi connectivity index (χ4n) is 8.86. The molecule has 0 aromatic rings. The first-order chi connectivity index (χ1) is 28.4. The van der Waals surface area contributed by atoms with E-state index in [1.54, 1.807) is 0 Å². The molecule has 1 aliphatic heterocycles. The van der Waals surface area contributed by atoms with Crippen LogP contribution in [0.25, 0.3) is 0 Å². The molecule has 0 saturated carbocycles. The SMILES string of the molecule is CCCCCC(CCCCC)CCOC(=O)CCCCCCCC(CCCCCCCC(=O)OCCC(CCCCC)CCCCC)NC(=O)CCCN1CCCC1. The molecule has 58 heavy (non-hydrogen) atoms. The summed E-state index contributed by atoms with van der Waals surface area (Å²) in [6.07, 6.45) is 40.6. The molecule has 1 fully saturated rings. The van der Waals surface area contributed by atoms with E-state index in [1.165, 1.54) is 129 Å². The van der Waals surface area contributed by atoms with E-state index in [4.69, 9.17) is 9.47 Å². The van der Waals surface area contributed by atoms with E-state index in [0.29, 0.717) is 44.3 Å². The molecule has 0 atom stereocenters. The second kappa shape index (κ2) is 40.8. The number of amides is 1. The summed E-state index contributed by atoms with van der Waals surface area (Å²) in [7, 11) is 0. The van der Waals surface area contributed by atoms with Gasteiger partial charge >= 0.3 is 11.9 Å². The molecule has 1 amide bonds. The van der Waals surface area contributed by atoms with E-state index in [1.807, 2.05) is 0 Å². The maximum absolute atomic E-state index is 12.9. The maximum Gasteiger partial charge on any atom is 0.305 e. The normalized spacial score (nSPS) is 13.3. The summed E-state index contributed by atoms with van der Waals surface area (Å²) in [6.45, 7) is 13.6. The number of rotatable bonds is 43. The number of carbonyl (C=O) groups is 3. The molecule has 7 nitrogen and oxygen atoms in total. The molecule has 1 N–H and O–H groups in total. The van der Waals surface area contributed by atoms with Gasteiger partial charge < -0.3 is 19.7 Å². The fraction of sp³-hybridized carbons (Fsp3) is 0.941. The Balaban J connectivity index is 2.30. The number of likely N-dealkylation sites (tertiary alicyclic amines) is 1. The van der Waals surface area contributed by atoms with Crippen LogP contribution < -0.4 is 5.32 Å². The van der Waals surface area contributed by atoms with Crippen molar-refractivity contribution < 1.29 is 23.9 Å². The quantitative estimate of drug-likeness (QED) is 0.0487. The van der Waals surface area contributed by atoms with Crippen molar-refractivity contribution in [3.8, 4) is 0 Å². The van der Waals surface area contributed by atoms with Crippen LogP contribution in [0.1, 0.15) is 259 Å². The van der Waals surface area contributed by atoms with Gasteiger partial charge in [-0.25, -0.2) is 0 Å². The lowest BCUT2D eigenvalue weighted by Crippen LogP contribution is -2.35. The van der Waals surface area contributed by atoms with E-state index < -0.39 is 0 Å². The van der Waals surface area contributed by atoms with Gasteiger partial charge in [-0.3, -0.25) is 14.4 Å². The molecule has 1 heterocycles. The number of hydrogen-bond donors (Lipinski definition) is 1. The predicted molar refractivity (Wildman–Crippen MR) is 246 cm³/mol. The van der Waals surface area contributed by atoms with Gasteiger partial charge in [0.1, 0.15) is 0 Å². The summed E-state index contributed by atoms with van der Waals surface area (Å²) in [4.78, 5) is 40.3. The number of unbranched alkanes of at least 4 members (excludes halogenated alkanes) is 16. The maximum atomic E-state index is 12.9. The first kappa shape index (κ1) is 54.4. The lowest BCUT2D eigenvalue weighted by atomic mass is 9.92. The summed E-state index contributed by atoms with van der Waals surface area (Å²) in [5.41, 5.74) is 0. The Morgan fingerprint density at radius 2 is 0.828 bits per heavy atom. The molecule has 1 aliphatic rings. The van der Waals surface area contributed by atoms with Crippen LogP contribution in [0.5, 0.6) is 0 Å². The van der Waals surface area contributed by atoms with Gasteiger partial charge in [0.05, 0.1) is 13.2 Å². The summed E-state index contributed by atoms with van der Waals surface area (Å²) in [6, 6.07) is 0.241. The van der Waals surface area contributed by atoms with Crippen LogP contribution in [0.3, 0.4) is 0 Å². The number of ether oxygens (including phenoxy) is 2. The summed E-state index contributed by atoms with van der Waals surface area (Å²) >= 11 is 0. The van der Waals surface area contributed by atoms with Gasteiger partial charge in [0.15, 0.2) is 0 Å². The molecule has 0 unspecified atom stereocenters. The van der Waals surface area contributed by atoms with Gasteiger partial charge in [-0.15, -0.1) is 0 Å². The molecule has 0 aromatic carbocycles. The lowest BCUT2D eigenvalue weighted by molar-refractivity contribution is -0.145. The molecule has 1 saturated heterocycles. The molecule has 0 spiro atoms. The zero-order valence-corrected chi connectivity index (χ0v) is 39.2. The standard InChI is InChI=1S/C51H98N2O5/c1-5-9-19-30-46(31-20-10-6-2)39-44-57-50(55)37-25-17-13-15-23-34-48(52-49(54)36-29-43-53-41-27-28-42-53)35-24-16-14-18-26-38-51(56)58-45-40-47(32-21-11-7-3)33-22-12-8-4/h46-48H,5-45H2,1-4H3,(H,52,54). The van der Waals surface area contributed by atoms with Crippen molar-refractivity contribution in [2.24, 2.45) is 11.8 Å². The molecular formula is C51H98N2O5. The minimum atomic E-state index is -0.0250. The van der Waals surface area contributed by atoms with Gasteiger partial charge in [-0.2, -0.15) is 0 Å². The summed E-state index contributed by atoms with van der Waals surface area (Å²) < 4.78 is 11.3. The molecule has 0 radical (unpaired) electrons.